The highest BCUT2D eigenvalue weighted by Gasteiger charge is 2.44. The van der Waals surface area contributed by atoms with E-state index in [-0.39, 0.29) is 6.04 Å². The van der Waals surface area contributed by atoms with Gasteiger partial charge in [0.1, 0.15) is 17.6 Å². The molecular weight excluding hydrogens is 234 g/mol. The molecule has 0 radical (unpaired) electrons. The summed E-state index contributed by atoms with van der Waals surface area (Å²) >= 11 is 0. The average molecular weight is 255 g/mol. The van der Waals surface area contributed by atoms with Crippen LogP contribution in [0, 0.1) is 0 Å². The number of carbonyl (C=O) groups excluding carboxylic acids is 2. The second kappa shape index (κ2) is 5.10. The predicted molar refractivity (Wildman–Crippen MR) is 67.1 cm³/mol. The minimum Gasteiger partial charge on any atom is -0.444 e. The molecule has 0 bridgehead atoms. The lowest BCUT2D eigenvalue weighted by molar-refractivity contribution is -0.104. The van der Waals surface area contributed by atoms with Crippen molar-refractivity contribution < 1.29 is 19.1 Å². The van der Waals surface area contributed by atoms with Crippen LogP contribution in [0.3, 0.4) is 0 Å². The molecule has 102 valence electrons. The van der Waals surface area contributed by atoms with Crippen molar-refractivity contribution in [3.63, 3.8) is 0 Å². The lowest BCUT2D eigenvalue weighted by Crippen LogP contribution is -2.49. The zero-order chi connectivity index (χ0) is 14.0. The van der Waals surface area contributed by atoms with Gasteiger partial charge in [-0.25, -0.2) is 4.79 Å². The van der Waals surface area contributed by atoms with Crippen LogP contribution in [0.4, 0.5) is 4.79 Å². The second-order valence-electron chi connectivity index (χ2n) is 5.70. The van der Waals surface area contributed by atoms with Crippen molar-refractivity contribution in [1.82, 2.24) is 4.90 Å². The Morgan fingerprint density at radius 2 is 2.06 bits per heavy atom. The Labute approximate surface area is 108 Å². The van der Waals surface area contributed by atoms with Gasteiger partial charge in [-0.15, -0.1) is 0 Å². The SMILES string of the molecule is CC(C)(C)OC(=O)N1[C@H](/C=C/C=O)COC1(C)C. The highest BCUT2D eigenvalue weighted by molar-refractivity contribution is 5.71. The number of carbonyl (C=O) groups is 2. The third-order valence-corrected chi connectivity index (χ3v) is 2.52. The molecule has 0 N–H and O–H groups in total. The van der Waals surface area contributed by atoms with Gasteiger partial charge in [-0.05, 0) is 40.7 Å². The standard InChI is InChI=1S/C13H21NO4/c1-12(2,3)18-11(16)14-10(7-6-8-15)9-17-13(14,4)5/h6-8,10H,9H2,1-5H3/b7-6+/t10-/m1/s1. The molecule has 1 rings (SSSR count). The van der Waals surface area contributed by atoms with Gasteiger partial charge in [0.2, 0.25) is 0 Å². The average Bonchev–Trinajstić information content (AvgIpc) is 2.48. The maximum absolute atomic E-state index is 12.2. The lowest BCUT2D eigenvalue weighted by atomic mass is 10.2. The van der Waals surface area contributed by atoms with Crippen LogP contribution in [0.25, 0.3) is 0 Å². The maximum atomic E-state index is 12.2. The number of hydrogen-bond acceptors (Lipinski definition) is 4. The largest absolute Gasteiger partial charge is 0.444 e. The highest BCUT2D eigenvalue weighted by Crippen LogP contribution is 2.29. The summed E-state index contributed by atoms with van der Waals surface area (Å²) in [6.07, 6.45) is 3.25. The summed E-state index contributed by atoms with van der Waals surface area (Å²) in [5.74, 6) is 0. The van der Waals surface area contributed by atoms with Gasteiger partial charge >= 0.3 is 6.09 Å². The van der Waals surface area contributed by atoms with Gasteiger partial charge in [0.05, 0.1) is 12.6 Å². The van der Waals surface area contributed by atoms with Gasteiger partial charge in [0, 0.05) is 0 Å². The van der Waals surface area contributed by atoms with Crippen LogP contribution in [0.1, 0.15) is 34.6 Å². The number of aldehydes is 1. The summed E-state index contributed by atoms with van der Waals surface area (Å²) in [5.41, 5.74) is -1.30. The highest BCUT2D eigenvalue weighted by atomic mass is 16.6. The van der Waals surface area contributed by atoms with Crippen molar-refractivity contribution in [2.45, 2.75) is 52.0 Å². The van der Waals surface area contributed by atoms with E-state index >= 15 is 0 Å². The molecule has 0 aliphatic carbocycles. The molecule has 0 spiro atoms. The molecule has 1 aliphatic rings. The monoisotopic (exact) mass is 255 g/mol. The first-order valence-electron chi connectivity index (χ1n) is 5.95. The van der Waals surface area contributed by atoms with Crippen LogP contribution in [0.5, 0.6) is 0 Å². The summed E-state index contributed by atoms with van der Waals surface area (Å²) in [4.78, 5) is 24.0. The van der Waals surface area contributed by atoms with E-state index in [1.807, 2.05) is 20.8 Å². The number of nitrogens with zero attached hydrogens (tertiary/aromatic N) is 1. The van der Waals surface area contributed by atoms with E-state index in [1.54, 1.807) is 19.9 Å². The first-order chi connectivity index (χ1) is 8.17. The maximum Gasteiger partial charge on any atom is 0.413 e. The van der Waals surface area contributed by atoms with Gasteiger partial charge in [-0.1, -0.05) is 6.08 Å². The molecule has 0 saturated carbocycles. The third-order valence-electron chi connectivity index (χ3n) is 2.52. The van der Waals surface area contributed by atoms with Crippen molar-refractivity contribution in [2.75, 3.05) is 6.61 Å². The second-order valence-corrected chi connectivity index (χ2v) is 5.70. The Balaban J connectivity index is 2.88. The van der Waals surface area contributed by atoms with Crippen LogP contribution >= 0.6 is 0 Å². The summed E-state index contributed by atoms with van der Waals surface area (Å²) in [6.45, 7) is 9.38. The van der Waals surface area contributed by atoms with Crippen molar-refractivity contribution in [2.24, 2.45) is 0 Å². The van der Waals surface area contributed by atoms with Crippen molar-refractivity contribution in [3.8, 4) is 0 Å². The van der Waals surface area contributed by atoms with E-state index in [0.29, 0.717) is 12.9 Å². The summed E-state index contributed by atoms with van der Waals surface area (Å²) in [6, 6.07) is -0.278. The van der Waals surface area contributed by atoms with Crippen LogP contribution < -0.4 is 0 Å². The van der Waals surface area contributed by atoms with Crippen LogP contribution in [-0.2, 0) is 14.3 Å². The smallest absolute Gasteiger partial charge is 0.413 e. The Kier molecular flexibility index (Phi) is 4.16. The van der Waals surface area contributed by atoms with E-state index in [9.17, 15) is 9.59 Å². The molecule has 1 amide bonds. The number of amides is 1. The van der Waals surface area contributed by atoms with Gasteiger partial charge in [-0.2, -0.15) is 0 Å². The number of allylic oxidation sites excluding steroid dienone is 1. The van der Waals surface area contributed by atoms with Crippen molar-refractivity contribution in [3.05, 3.63) is 12.2 Å². The molecule has 0 aromatic carbocycles. The van der Waals surface area contributed by atoms with Crippen LogP contribution in [-0.4, -0.2) is 41.3 Å². The van der Waals surface area contributed by atoms with Gasteiger partial charge in [0.25, 0.3) is 0 Å². The van der Waals surface area contributed by atoms with Gasteiger partial charge in [-0.3, -0.25) is 9.69 Å². The third kappa shape index (κ3) is 3.57. The zero-order valence-corrected chi connectivity index (χ0v) is 11.6. The minimum atomic E-state index is -0.736. The first kappa shape index (κ1) is 14.7. The van der Waals surface area contributed by atoms with Gasteiger partial charge < -0.3 is 9.47 Å². The van der Waals surface area contributed by atoms with E-state index in [4.69, 9.17) is 9.47 Å². The molecule has 18 heavy (non-hydrogen) atoms. The summed E-state index contributed by atoms with van der Waals surface area (Å²) in [7, 11) is 0. The molecule has 1 saturated heterocycles. The Hall–Kier alpha value is -1.36. The number of hydrogen-bond donors (Lipinski definition) is 0. The molecule has 0 unspecified atom stereocenters. The fraction of sp³-hybridized carbons (Fsp3) is 0.692. The predicted octanol–water partition coefficient (Wildman–Crippen LogP) is 2.11. The van der Waals surface area contributed by atoms with Crippen LogP contribution in [0.15, 0.2) is 12.2 Å². The number of ether oxygens (including phenoxy) is 2. The molecule has 0 aromatic rings. The molecule has 1 atom stereocenters. The molecule has 5 nitrogen and oxygen atoms in total. The zero-order valence-electron chi connectivity index (χ0n) is 11.6. The van der Waals surface area contributed by atoms with Gasteiger partial charge in [0.15, 0.2) is 0 Å². The lowest BCUT2D eigenvalue weighted by Gasteiger charge is -2.34. The topological polar surface area (TPSA) is 55.8 Å². The fourth-order valence-electron chi connectivity index (χ4n) is 1.81. The van der Waals surface area contributed by atoms with E-state index in [1.165, 1.54) is 11.0 Å². The van der Waals surface area contributed by atoms with E-state index in [2.05, 4.69) is 0 Å². The van der Waals surface area contributed by atoms with E-state index < -0.39 is 17.4 Å². The Morgan fingerprint density at radius 1 is 1.44 bits per heavy atom. The van der Waals surface area contributed by atoms with E-state index in [0.717, 1.165) is 0 Å². The number of rotatable bonds is 2. The summed E-state index contributed by atoms with van der Waals surface area (Å²) in [5, 5.41) is 0. The molecule has 0 aromatic heterocycles. The molecule has 1 aliphatic heterocycles. The molecular formula is C13H21NO4. The molecule has 5 heteroatoms. The Morgan fingerprint density at radius 3 is 2.56 bits per heavy atom. The molecule has 1 heterocycles. The van der Waals surface area contributed by atoms with Crippen LogP contribution in [0.2, 0.25) is 0 Å². The fourth-order valence-corrected chi connectivity index (χ4v) is 1.81. The van der Waals surface area contributed by atoms with Crippen molar-refractivity contribution in [1.29, 1.82) is 0 Å². The normalized spacial score (nSPS) is 23.4. The molecule has 1 fully saturated rings. The quantitative estimate of drug-likeness (QED) is 0.560. The minimum absolute atomic E-state index is 0.278. The first-order valence-corrected chi connectivity index (χ1v) is 5.95. The Bertz CT molecular complexity index is 354. The van der Waals surface area contributed by atoms with Crippen molar-refractivity contribution >= 4 is 12.4 Å². The summed E-state index contributed by atoms with van der Waals surface area (Å²) < 4.78 is 10.9.